The molecule has 1 aliphatic rings. The Hall–Kier alpha value is -2.61. The molecule has 0 saturated carbocycles. The highest BCUT2D eigenvalue weighted by Crippen LogP contribution is 2.40. The van der Waals surface area contributed by atoms with Gasteiger partial charge in [0.15, 0.2) is 0 Å². The van der Waals surface area contributed by atoms with Crippen LogP contribution in [0.1, 0.15) is 17.0 Å². The van der Waals surface area contributed by atoms with Crippen molar-refractivity contribution in [3.05, 3.63) is 73.1 Å². The van der Waals surface area contributed by atoms with Crippen molar-refractivity contribution in [1.82, 2.24) is 5.32 Å². The molecule has 10 heteroatoms. The van der Waals surface area contributed by atoms with Crippen molar-refractivity contribution in [2.75, 3.05) is 18.2 Å². The van der Waals surface area contributed by atoms with Gasteiger partial charge < -0.3 is 15.4 Å². The maximum atomic E-state index is 12.9. The number of allylic oxidation sites excluding steroid dienone is 1. The van der Waals surface area contributed by atoms with Crippen LogP contribution in [0.3, 0.4) is 0 Å². The normalized spacial score (nSPS) is 17.7. The zero-order chi connectivity index (χ0) is 24.1. The summed E-state index contributed by atoms with van der Waals surface area (Å²) in [5.74, 6) is -3.72. The molecule has 0 saturated heterocycles. The fourth-order valence-electron chi connectivity index (χ4n) is 3.44. The van der Waals surface area contributed by atoms with E-state index in [1.807, 2.05) is 19.1 Å². The minimum Gasteiger partial charge on any atom is -0.468 e. The number of thioether (sulfide) groups is 1. The van der Waals surface area contributed by atoms with E-state index >= 15 is 0 Å². The maximum Gasteiger partial charge on any atom is 0.319 e. The molecule has 0 bridgehead atoms. The molecule has 2 aromatic rings. The van der Waals surface area contributed by atoms with Crippen molar-refractivity contribution in [2.24, 2.45) is 5.92 Å². The van der Waals surface area contributed by atoms with Crippen LogP contribution in [0.15, 0.2) is 62.0 Å². The lowest BCUT2D eigenvalue weighted by Gasteiger charge is -2.31. The minimum atomic E-state index is -1.22. The number of carbonyl (C=O) groups is 3. The third-order valence-electron chi connectivity index (χ3n) is 4.98. The quantitative estimate of drug-likeness (QED) is 0.374. The van der Waals surface area contributed by atoms with Gasteiger partial charge in [0.05, 0.1) is 29.5 Å². The first-order valence-corrected chi connectivity index (χ1v) is 12.3. The van der Waals surface area contributed by atoms with E-state index in [1.54, 1.807) is 30.3 Å². The molecular weight excluding hydrogens is 574 g/mol. The van der Waals surface area contributed by atoms with E-state index in [0.717, 1.165) is 26.3 Å². The van der Waals surface area contributed by atoms with Crippen LogP contribution in [0.2, 0.25) is 0 Å². The molecule has 2 atom stereocenters. The topological polar surface area (TPSA) is 108 Å². The van der Waals surface area contributed by atoms with Crippen molar-refractivity contribution in [3.8, 4) is 6.07 Å². The molecular formula is C23H19Br2N3O4S. The maximum absolute atomic E-state index is 12.9. The van der Waals surface area contributed by atoms with Crippen molar-refractivity contribution >= 4 is 67.1 Å². The van der Waals surface area contributed by atoms with E-state index in [2.05, 4.69) is 48.6 Å². The number of carbonyl (C=O) groups excluding carboxylic acids is 3. The van der Waals surface area contributed by atoms with Gasteiger partial charge in [0.1, 0.15) is 5.92 Å². The van der Waals surface area contributed by atoms with Gasteiger partial charge in [-0.25, -0.2) is 0 Å². The Bertz CT molecular complexity index is 1190. The molecule has 1 heterocycles. The summed E-state index contributed by atoms with van der Waals surface area (Å²) in [6.07, 6.45) is 0. The molecule has 0 aliphatic carbocycles. The molecule has 7 nitrogen and oxygen atoms in total. The lowest BCUT2D eigenvalue weighted by atomic mass is 9.78. The molecule has 2 amide bonds. The highest BCUT2D eigenvalue weighted by atomic mass is 79.9. The van der Waals surface area contributed by atoms with Gasteiger partial charge in [0, 0.05) is 20.6 Å². The number of nitrogens with zero attached hydrogens (tertiary/aromatic N) is 1. The fraction of sp³-hybridized carbons (Fsp3) is 0.217. The van der Waals surface area contributed by atoms with E-state index in [-0.39, 0.29) is 22.3 Å². The summed E-state index contributed by atoms with van der Waals surface area (Å²) in [6.45, 7) is 1.91. The lowest BCUT2D eigenvalue weighted by Crippen LogP contribution is -2.44. The van der Waals surface area contributed by atoms with E-state index in [1.165, 1.54) is 7.11 Å². The average Bonchev–Trinajstić information content (AvgIpc) is 2.79. The number of anilines is 1. The van der Waals surface area contributed by atoms with Gasteiger partial charge >= 0.3 is 5.97 Å². The molecule has 3 rings (SSSR count). The number of amides is 2. The van der Waals surface area contributed by atoms with Crippen LogP contribution in [-0.2, 0) is 19.1 Å². The van der Waals surface area contributed by atoms with Crippen LogP contribution in [0.4, 0.5) is 5.69 Å². The van der Waals surface area contributed by atoms with Crippen molar-refractivity contribution in [3.63, 3.8) is 0 Å². The molecule has 0 radical (unpaired) electrons. The predicted octanol–water partition coefficient (Wildman–Crippen LogP) is 4.63. The fourth-order valence-corrected chi connectivity index (χ4v) is 4.95. The van der Waals surface area contributed by atoms with Crippen LogP contribution in [0.25, 0.3) is 0 Å². The average molecular weight is 593 g/mol. The number of hydrogen-bond donors (Lipinski definition) is 2. The van der Waals surface area contributed by atoms with Gasteiger partial charge in [0.2, 0.25) is 11.8 Å². The monoisotopic (exact) mass is 591 g/mol. The number of methoxy groups -OCH3 is 1. The second-order valence-corrected chi connectivity index (χ2v) is 9.93. The van der Waals surface area contributed by atoms with Crippen LogP contribution < -0.4 is 10.6 Å². The first-order chi connectivity index (χ1) is 15.7. The summed E-state index contributed by atoms with van der Waals surface area (Å²) in [5.41, 5.74) is 2.42. The zero-order valence-electron chi connectivity index (χ0n) is 17.6. The first kappa shape index (κ1) is 25.0. The molecule has 170 valence electrons. The Balaban J connectivity index is 1.88. The number of nitrogens with one attached hydrogen (secondary N) is 2. The Morgan fingerprint density at radius 2 is 2.00 bits per heavy atom. The van der Waals surface area contributed by atoms with Crippen LogP contribution in [0, 0.1) is 24.2 Å². The zero-order valence-corrected chi connectivity index (χ0v) is 21.6. The van der Waals surface area contributed by atoms with E-state index in [4.69, 9.17) is 4.74 Å². The third kappa shape index (κ3) is 5.85. The Kier molecular flexibility index (Phi) is 8.35. The van der Waals surface area contributed by atoms with Crippen molar-refractivity contribution in [1.29, 1.82) is 5.26 Å². The standard InChI is InChI=1S/C23H19Br2N3O4S/c1-12-8-15(6-7-17(12)25)27-18(29)11-33-22-16(10-26)19(13-4-3-5-14(24)9-13)20(21(30)28-22)23(31)32-2/h3-9,19-20H,11H2,1-2H3,(H,27,29)(H,28,30)/t19-,20+/m0/s1. The van der Waals surface area contributed by atoms with Gasteiger partial charge in [-0.1, -0.05) is 55.8 Å². The number of ether oxygens (including phenoxy) is 1. The number of rotatable bonds is 6. The summed E-state index contributed by atoms with van der Waals surface area (Å²) in [6, 6.07) is 14.6. The second kappa shape index (κ2) is 11.0. The van der Waals surface area contributed by atoms with Crippen LogP contribution >= 0.6 is 43.6 Å². The lowest BCUT2D eigenvalue weighted by molar-refractivity contribution is -0.150. The molecule has 2 N–H and O–H groups in total. The largest absolute Gasteiger partial charge is 0.468 e. The van der Waals surface area contributed by atoms with Crippen molar-refractivity contribution < 1.29 is 19.1 Å². The molecule has 0 aromatic heterocycles. The summed E-state index contributed by atoms with van der Waals surface area (Å²) >= 11 is 7.84. The molecule has 2 aromatic carbocycles. The van der Waals surface area contributed by atoms with Gasteiger partial charge in [-0.2, -0.15) is 5.26 Å². The van der Waals surface area contributed by atoms with Crippen LogP contribution in [-0.4, -0.2) is 30.6 Å². The predicted molar refractivity (Wildman–Crippen MR) is 133 cm³/mol. The number of nitriles is 1. The SMILES string of the molecule is COC(=O)[C@H]1C(=O)NC(SCC(=O)Nc2ccc(Br)c(C)c2)=C(C#N)[C@@H]1c1cccc(Br)c1. The molecule has 0 fully saturated rings. The number of hydrogen-bond acceptors (Lipinski definition) is 6. The summed E-state index contributed by atoms with van der Waals surface area (Å²) in [5, 5.41) is 15.6. The highest BCUT2D eigenvalue weighted by Gasteiger charge is 2.44. The van der Waals surface area contributed by atoms with E-state index < -0.39 is 23.7 Å². The van der Waals surface area contributed by atoms with Gasteiger partial charge in [-0.05, 0) is 48.4 Å². The first-order valence-electron chi connectivity index (χ1n) is 9.72. The number of esters is 1. The second-order valence-electron chi connectivity index (χ2n) is 7.18. The van der Waals surface area contributed by atoms with Gasteiger partial charge in [-0.15, -0.1) is 0 Å². The Morgan fingerprint density at radius 1 is 1.24 bits per heavy atom. The van der Waals surface area contributed by atoms with Gasteiger partial charge in [0.25, 0.3) is 0 Å². The smallest absolute Gasteiger partial charge is 0.319 e. The third-order valence-corrected chi connectivity index (χ3v) is 7.38. The summed E-state index contributed by atoms with van der Waals surface area (Å²) in [4.78, 5) is 37.8. The van der Waals surface area contributed by atoms with E-state index in [0.29, 0.717) is 11.3 Å². The number of benzene rings is 2. The molecule has 33 heavy (non-hydrogen) atoms. The van der Waals surface area contributed by atoms with Crippen molar-refractivity contribution in [2.45, 2.75) is 12.8 Å². The highest BCUT2D eigenvalue weighted by molar-refractivity contribution is 9.10. The summed E-state index contributed by atoms with van der Waals surface area (Å²) < 4.78 is 6.51. The Morgan fingerprint density at radius 3 is 2.64 bits per heavy atom. The van der Waals surface area contributed by atoms with Crippen LogP contribution in [0.5, 0.6) is 0 Å². The molecule has 0 spiro atoms. The summed E-state index contributed by atoms with van der Waals surface area (Å²) in [7, 11) is 1.20. The minimum absolute atomic E-state index is 0.0377. The number of aryl methyl sites for hydroxylation is 1. The van der Waals surface area contributed by atoms with E-state index in [9.17, 15) is 19.6 Å². The number of halogens is 2. The molecule has 1 aliphatic heterocycles. The molecule has 0 unspecified atom stereocenters. The Labute approximate surface area is 212 Å². The van der Waals surface area contributed by atoms with Gasteiger partial charge in [-0.3, -0.25) is 14.4 Å².